The van der Waals surface area contributed by atoms with Crippen LogP contribution in [0, 0.1) is 0 Å². The first-order chi connectivity index (χ1) is 13.3. The Hall–Kier alpha value is -3.03. The molecule has 144 valence electrons. The molecule has 3 aromatic rings. The normalized spacial score (nSPS) is 11.8. The lowest BCUT2D eigenvalue weighted by molar-refractivity contribution is -0.137. The monoisotopic (exact) mass is 419 g/mol. The van der Waals surface area contributed by atoms with E-state index in [4.69, 9.17) is 23.2 Å². The van der Waals surface area contributed by atoms with Crippen LogP contribution in [0.4, 0.5) is 0 Å². The lowest BCUT2D eigenvalue weighted by atomic mass is 10.0. The number of hydrogen-bond acceptors (Lipinski definition) is 4. The van der Waals surface area contributed by atoms with E-state index in [9.17, 15) is 19.8 Å². The molecular weight excluding hydrogens is 405 g/mol. The van der Waals surface area contributed by atoms with Crippen LogP contribution in [-0.4, -0.2) is 31.9 Å². The second-order valence-corrected chi connectivity index (χ2v) is 6.77. The van der Waals surface area contributed by atoms with Crippen LogP contribution in [0.5, 0.6) is 5.88 Å². The molecule has 0 spiro atoms. The van der Waals surface area contributed by atoms with Crippen molar-refractivity contribution in [2.45, 2.75) is 12.5 Å². The Morgan fingerprint density at radius 3 is 2.46 bits per heavy atom. The van der Waals surface area contributed by atoms with E-state index in [1.54, 1.807) is 36.4 Å². The number of nitrogens with one attached hydrogen (secondary N) is 1. The number of carbonyl (C=O) groups is 2. The van der Waals surface area contributed by atoms with Crippen LogP contribution in [0.25, 0.3) is 5.69 Å². The van der Waals surface area contributed by atoms with E-state index in [1.165, 1.54) is 16.8 Å². The molecule has 2 aromatic carbocycles. The molecule has 1 aromatic heterocycles. The number of aliphatic carboxylic acids is 1. The maximum absolute atomic E-state index is 12.6. The van der Waals surface area contributed by atoms with Crippen LogP contribution in [-0.2, 0) is 4.79 Å². The van der Waals surface area contributed by atoms with Crippen molar-refractivity contribution in [3.8, 4) is 11.6 Å². The number of halogens is 2. The van der Waals surface area contributed by atoms with Gasteiger partial charge in [-0.2, -0.15) is 5.10 Å². The topological polar surface area (TPSA) is 104 Å². The molecule has 0 saturated carbocycles. The molecule has 1 amide bonds. The van der Waals surface area contributed by atoms with Gasteiger partial charge in [0.1, 0.15) is 0 Å². The van der Waals surface area contributed by atoms with Gasteiger partial charge in [0, 0.05) is 16.1 Å². The molecule has 0 aliphatic rings. The van der Waals surface area contributed by atoms with Gasteiger partial charge in [-0.3, -0.25) is 9.59 Å². The average molecular weight is 420 g/mol. The molecule has 1 atom stereocenters. The predicted octanol–water partition coefficient (Wildman–Crippen LogP) is 3.83. The van der Waals surface area contributed by atoms with E-state index in [2.05, 4.69) is 10.4 Å². The number of amides is 1. The van der Waals surface area contributed by atoms with Crippen molar-refractivity contribution in [1.82, 2.24) is 15.1 Å². The zero-order valence-electron chi connectivity index (χ0n) is 14.3. The number of rotatable bonds is 6. The quantitative estimate of drug-likeness (QED) is 0.562. The van der Waals surface area contributed by atoms with Crippen molar-refractivity contribution in [2.75, 3.05) is 0 Å². The van der Waals surface area contributed by atoms with Crippen molar-refractivity contribution < 1.29 is 19.8 Å². The number of para-hydroxylation sites is 1. The van der Waals surface area contributed by atoms with Crippen molar-refractivity contribution in [2.24, 2.45) is 0 Å². The van der Waals surface area contributed by atoms with Gasteiger partial charge in [0.25, 0.3) is 5.91 Å². The summed E-state index contributed by atoms with van der Waals surface area (Å²) in [7, 11) is 0. The summed E-state index contributed by atoms with van der Waals surface area (Å²) in [5.74, 6) is -1.99. The minimum absolute atomic E-state index is 0.0678. The number of carboxylic acids is 1. The van der Waals surface area contributed by atoms with Gasteiger partial charge in [0.05, 0.1) is 18.2 Å². The zero-order valence-corrected chi connectivity index (χ0v) is 15.9. The van der Waals surface area contributed by atoms with E-state index in [0.717, 1.165) is 0 Å². The van der Waals surface area contributed by atoms with Crippen molar-refractivity contribution in [3.63, 3.8) is 0 Å². The van der Waals surface area contributed by atoms with Crippen LogP contribution in [0.1, 0.15) is 28.5 Å². The van der Waals surface area contributed by atoms with E-state index in [0.29, 0.717) is 16.3 Å². The van der Waals surface area contributed by atoms with Crippen LogP contribution >= 0.6 is 23.2 Å². The Morgan fingerprint density at radius 2 is 1.82 bits per heavy atom. The average Bonchev–Trinajstić information content (AvgIpc) is 3.03. The fraction of sp³-hybridized carbons (Fsp3) is 0.105. The first kappa shape index (κ1) is 19.7. The Kier molecular flexibility index (Phi) is 5.87. The van der Waals surface area contributed by atoms with Crippen LogP contribution in [0.2, 0.25) is 10.0 Å². The second kappa shape index (κ2) is 8.33. The number of carboxylic acid groups (broad SMARTS) is 1. The minimum Gasteiger partial charge on any atom is -0.493 e. The van der Waals surface area contributed by atoms with Gasteiger partial charge in [-0.15, -0.1) is 0 Å². The summed E-state index contributed by atoms with van der Waals surface area (Å²) < 4.78 is 1.20. The summed E-state index contributed by atoms with van der Waals surface area (Å²) in [4.78, 5) is 23.9. The molecular formula is C19H15Cl2N3O4. The molecule has 0 bridgehead atoms. The highest BCUT2D eigenvalue weighted by Crippen LogP contribution is 2.28. The number of hydrogen-bond donors (Lipinski definition) is 3. The molecule has 0 unspecified atom stereocenters. The molecule has 9 heteroatoms. The third-order valence-corrected chi connectivity index (χ3v) is 4.51. The summed E-state index contributed by atoms with van der Waals surface area (Å²) in [6.07, 6.45) is -0.390. The predicted molar refractivity (Wildman–Crippen MR) is 104 cm³/mol. The number of carbonyl (C=O) groups excluding carboxylic acids is 1. The first-order valence-electron chi connectivity index (χ1n) is 8.17. The smallest absolute Gasteiger partial charge is 0.305 e. The van der Waals surface area contributed by atoms with E-state index >= 15 is 0 Å². The largest absolute Gasteiger partial charge is 0.493 e. The van der Waals surface area contributed by atoms with Crippen LogP contribution in [0.15, 0.2) is 54.6 Å². The van der Waals surface area contributed by atoms with Gasteiger partial charge >= 0.3 is 5.97 Å². The maximum Gasteiger partial charge on any atom is 0.305 e. The lowest BCUT2D eigenvalue weighted by Crippen LogP contribution is -2.30. The summed E-state index contributed by atoms with van der Waals surface area (Å²) >= 11 is 12.0. The summed E-state index contributed by atoms with van der Waals surface area (Å²) in [6.45, 7) is 0. The molecule has 0 fully saturated rings. The summed E-state index contributed by atoms with van der Waals surface area (Å²) in [5, 5.41) is 26.6. The SMILES string of the molecule is O=C(O)C[C@H](NC(=O)c1cc(O)n(-c2ccccc2)n1)c1ccc(Cl)cc1Cl. The van der Waals surface area contributed by atoms with Crippen LogP contribution < -0.4 is 5.32 Å². The lowest BCUT2D eigenvalue weighted by Gasteiger charge is -2.18. The Morgan fingerprint density at radius 1 is 1.11 bits per heavy atom. The van der Waals surface area contributed by atoms with Gasteiger partial charge in [-0.1, -0.05) is 47.5 Å². The van der Waals surface area contributed by atoms with Crippen molar-refractivity contribution in [1.29, 1.82) is 0 Å². The standard InChI is InChI=1S/C19H15Cl2N3O4/c20-11-6-7-13(14(21)8-11)15(10-18(26)27)22-19(28)16-9-17(25)24(23-16)12-4-2-1-3-5-12/h1-9,15,25H,10H2,(H,22,28)(H,26,27)/t15-/m0/s1. The molecule has 1 heterocycles. The number of nitrogens with zero attached hydrogens (tertiary/aromatic N) is 2. The number of aromatic nitrogens is 2. The fourth-order valence-corrected chi connectivity index (χ4v) is 3.21. The molecule has 3 N–H and O–H groups in total. The van der Waals surface area contributed by atoms with Gasteiger partial charge in [0.2, 0.25) is 5.88 Å². The summed E-state index contributed by atoms with van der Waals surface area (Å²) in [5.41, 5.74) is 0.914. The first-order valence-corrected chi connectivity index (χ1v) is 8.93. The van der Waals surface area contributed by atoms with E-state index in [1.807, 2.05) is 6.07 Å². The zero-order chi connectivity index (χ0) is 20.3. The molecule has 0 aliphatic carbocycles. The van der Waals surface area contributed by atoms with E-state index < -0.39 is 24.3 Å². The third kappa shape index (κ3) is 4.44. The highest BCUT2D eigenvalue weighted by molar-refractivity contribution is 6.35. The molecule has 7 nitrogen and oxygen atoms in total. The van der Waals surface area contributed by atoms with Crippen LogP contribution in [0.3, 0.4) is 0 Å². The maximum atomic E-state index is 12.6. The molecule has 0 aliphatic heterocycles. The van der Waals surface area contributed by atoms with E-state index in [-0.39, 0.29) is 16.6 Å². The highest BCUT2D eigenvalue weighted by Gasteiger charge is 2.23. The fourth-order valence-electron chi connectivity index (χ4n) is 2.67. The molecule has 28 heavy (non-hydrogen) atoms. The van der Waals surface area contributed by atoms with Gasteiger partial charge in [-0.05, 0) is 29.8 Å². The molecule has 0 radical (unpaired) electrons. The Labute approximate surface area is 170 Å². The summed E-state index contributed by atoms with van der Waals surface area (Å²) in [6, 6.07) is 13.6. The van der Waals surface area contributed by atoms with Crippen molar-refractivity contribution >= 4 is 35.1 Å². The second-order valence-electron chi connectivity index (χ2n) is 5.92. The third-order valence-electron chi connectivity index (χ3n) is 3.95. The number of aromatic hydroxyl groups is 1. The number of benzene rings is 2. The minimum atomic E-state index is -1.12. The van der Waals surface area contributed by atoms with Gasteiger partial charge in [0.15, 0.2) is 5.69 Å². The van der Waals surface area contributed by atoms with Gasteiger partial charge < -0.3 is 15.5 Å². The van der Waals surface area contributed by atoms with Gasteiger partial charge in [-0.25, -0.2) is 4.68 Å². The molecule has 3 rings (SSSR count). The molecule has 0 saturated heterocycles. The Bertz CT molecular complexity index is 1020. The Balaban J connectivity index is 1.87. The van der Waals surface area contributed by atoms with Crippen molar-refractivity contribution in [3.05, 3.63) is 75.9 Å². The highest BCUT2D eigenvalue weighted by atomic mass is 35.5.